The van der Waals surface area contributed by atoms with Gasteiger partial charge < -0.3 is 9.47 Å². The third kappa shape index (κ3) is 1.78. The van der Waals surface area contributed by atoms with E-state index in [1.54, 1.807) is 0 Å². The van der Waals surface area contributed by atoms with E-state index in [2.05, 4.69) is 30.5 Å². The summed E-state index contributed by atoms with van der Waals surface area (Å²) in [5.41, 5.74) is 2.58. The first-order valence-electron chi connectivity index (χ1n) is 5.48. The second-order valence-electron chi connectivity index (χ2n) is 4.45. The van der Waals surface area contributed by atoms with Gasteiger partial charge in [0.15, 0.2) is 0 Å². The number of aryl methyl sites for hydroxylation is 2. The van der Waals surface area contributed by atoms with E-state index in [4.69, 9.17) is 0 Å². The Kier molecular flexibility index (Phi) is 2.55. The fourth-order valence-corrected chi connectivity index (χ4v) is 2.46. The normalized spacial score (nSPS) is 22.2. The second-order valence-corrected chi connectivity index (χ2v) is 4.45. The zero-order chi connectivity index (χ0) is 11.0. The summed E-state index contributed by atoms with van der Waals surface area (Å²) in [5, 5.41) is 0. The molecule has 82 valence electrons. The van der Waals surface area contributed by atoms with Crippen molar-refractivity contribution in [2.45, 2.75) is 32.7 Å². The highest BCUT2D eigenvalue weighted by atomic mass is 16.2. The Labute approximate surface area is 90.7 Å². The molecule has 1 aromatic heterocycles. The van der Waals surface area contributed by atoms with Crippen molar-refractivity contribution in [2.75, 3.05) is 13.6 Å². The van der Waals surface area contributed by atoms with E-state index in [9.17, 15) is 4.79 Å². The summed E-state index contributed by atoms with van der Waals surface area (Å²) in [6, 6.07) is 4.75. The molecule has 3 nitrogen and oxygen atoms in total. The SMILES string of the molecule is Cc1ccc(C)n1C1CCC(=O)N(C)C1. The quantitative estimate of drug-likeness (QED) is 0.689. The number of nitrogens with zero attached hydrogens (tertiary/aromatic N) is 2. The first-order valence-corrected chi connectivity index (χ1v) is 5.48. The molecule has 0 radical (unpaired) electrons. The molecule has 15 heavy (non-hydrogen) atoms. The largest absolute Gasteiger partial charge is 0.344 e. The minimum Gasteiger partial charge on any atom is -0.344 e. The number of amides is 1. The van der Waals surface area contributed by atoms with E-state index >= 15 is 0 Å². The maximum Gasteiger partial charge on any atom is 0.222 e. The third-order valence-corrected chi connectivity index (χ3v) is 3.29. The first-order chi connectivity index (χ1) is 7.09. The molecule has 1 amide bonds. The predicted octanol–water partition coefficient (Wildman–Crippen LogP) is 1.90. The molecule has 0 saturated carbocycles. The van der Waals surface area contributed by atoms with Crippen molar-refractivity contribution in [1.29, 1.82) is 0 Å². The zero-order valence-corrected chi connectivity index (χ0v) is 9.66. The molecule has 1 unspecified atom stereocenters. The number of rotatable bonds is 1. The van der Waals surface area contributed by atoms with Crippen molar-refractivity contribution in [2.24, 2.45) is 0 Å². The zero-order valence-electron chi connectivity index (χ0n) is 9.66. The van der Waals surface area contributed by atoms with Crippen molar-refractivity contribution < 1.29 is 4.79 Å². The number of aromatic nitrogens is 1. The van der Waals surface area contributed by atoms with Crippen LogP contribution in [0.15, 0.2) is 12.1 Å². The highest BCUT2D eigenvalue weighted by molar-refractivity contribution is 5.76. The van der Waals surface area contributed by atoms with E-state index in [1.807, 2.05) is 11.9 Å². The molecule has 2 rings (SSSR count). The molecule has 0 aromatic carbocycles. The molecule has 1 atom stereocenters. The second kappa shape index (κ2) is 3.72. The smallest absolute Gasteiger partial charge is 0.222 e. The van der Waals surface area contributed by atoms with Crippen LogP contribution >= 0.6 is 0 Å². The standard InChI is InChI=1S/C12H18N2O/c1-9-4-5-10(2)14(9)11-6-7-12(15)13(3)8-11/h4-5,11H,6-8H2,1-3H3. The average Bonchev–Trinajstić information content (AvgIpc) is 2.52. The average molecular weight is 206 g/mol. The molecule has 1 fully saturated rings. The highest BCUT2D eigenvalue weighted by Gasteiger charge is 2.25. The van der Waals surface area contributed by atoms with Crippen molar-refractivity contribution >= 4 is 5.91 Å². The number of carbonyl (C=O) groups is 1. The molecule has 1 aliphatic rings. The number of carbonyl (C=O) groups excluding carboxylic acids is 1. The van der Waals surface area contributed by atoms with E-state index in [1.165, 1.54) is 11.4 Å². The van der Waals surface area contributed by atoms with Gasteiger partial charge in [0.05, 0.1) is 6.04 Å². The fraction of sp³-hybridized carbons (Fsp3) is 0.583. The Morgan fingerprint density at radius 1 is 1.27 bits per heavy atom. The maximum absolute atomic E-state index is 11.4. The molecule has 0 aliphatic carbocycles. The van der Waals surface area contributed by atoms with Crippen LogP contribution in [0.4, 0.5) is 0 Å². The molecule has 1 aromatic rings. The minimum absolute atomic E-state index is 0.272. The first kappa shape index (κ1) is 10.3. The summed E-state index contributed by atoms with van der Waals surface area (Å²) in [5.74, 6) is 0.272. The molecule has 0 spiro atoms. The molecule has 0 bridgehead atoms. The van der Waals surface area contributed by atoms with Crippen LogP contribution in [0.25, 0.3) is 0 Å². The van der Waals surface area contributed by atoms with Crippen LogP contribution in [0.5, 0.6) is 0 Å². The monoisotopic (exact) mass is 206 g/mol. The number of hydrogen-bond donors (Lipinski definition) is 0. The molecular weight excluding hydrogens is 188 g/mol. The lowest BCUT2D eigenvalue weighted by molar-refractivity contribution is -0.132. The summed E-state index contributed by atoms with van der Waals surface area (Å²) in [7, 11) is 1.89. The van der Waals surface area contributed by atoms with Gasteiger partial charge in [-0.2, -0.15) is 0 Å². The van der Waals surface area contributed by atoms with Gasteiger partial charge in [-0.05, 0) is 32.4 Å². The lowest BCUT2D eigenvalue weighted by atomic mass is 10.1. The van der Waals surface area contributed by atoms with Gasteiger partial charge in [0.2, 0.25) is 5.91 Å². The van der Waals surface area contributed by atoms with Crippen LogP contribution in [0.2, 0.25) is 0 Å². The molecule has 3 heteroatoms. The Hall–Kier alpha value is -1.25. The van der Waals surface area contributed by atoms with Crippen molar-refractivity contribution in [1.82, 2.24) is 9.47 Å². The number of likely N-dealkylation sites (N-methyl/N-ethyl adjacent to an activating group) is 1. The predicted molar refractivity (Wildman–Crippen MR) is 59.8 cm³/mol. The summed E-state index contributed by atoms with van der Waals surface area (Å²) >= 11 is 0. The number of likely N-dealkylation sites (tertiary alicyclic amines) is 1. The minimum atomic E-state index is 0.272. The van der Waals surface area contributed by atoms with Gasteiger partial charge >= 0.3 is 0 Å². The van der Waals surface area contributed by atoms with Crippen LogP contribution in [0.3, 0.4) is 0 Å². The van der Waals surface area contributed by atoms with Gasteiger partial charge in [-0.25, -0.2) is 0 Å². The molecule has 2 heterocycles. The number of piperidine rings is 1. The Balaban J connectivity index is 2.22. The van der Waals surface area contributed by atoms with Crippen molar-refractivity contribution in [3.05, 3.63) is 23.5 Å². The van der Waals surface area contributed by atoms with Gasteiger partial charge in [0.1, 0.15) is 0 Å². The topological polar surface area (TPSA) is 25.2 Å². The van der Waals surface area contributed by atoms with E-state index in [0.717, 1.165) is 13.0 Å². The third-order valence-electron chi connectivity index (χ3n) is 3.29. The summed E-state index contributed by atoms with van der Waals surface area (Å²) in [4.78, 5) is 13.2. The summed E-state index contributed by atoms with van der Waals surface area (Å²) in [6.45, 7) is 5.10. The summed E-state index contributed by atoms with van der Waals surface area (Å²) in [6.07, 6.45) is 1.65. The van der Waals surface area contributed by atoms with Crippen LogP contribution in [-0.4, -0.2) is 29.0 Å². The fourth-order valence-electron chi connectivity index (χ4n) is 2.46. The van der Waals surface area contributed by atoms with Crippen LogP contribution in [0, 0.1) is 13.8 Å². The lowest BCUT2D eigenvalue weighted by Gasteiger charge is -2.32. The van der Waals surface area contributed by atoms with E-state index < -0.39 is 0 Å². The van der Waals surface area contributed by atoms with E-state index in [-0.39, 0.29) is 5.91 Å². The lowest BCUT2D eigenvalue weighted by Crippen LogP contribution is -2.38. The Morgan fingerprint density at radius 3 is 2.40 bits per heavy atom. The van der Waals surface area contributed by atoms with Crippen molar-refractivity contribution in [3.8, 4) is 0 Å². The van der Waals surface area contributed by atoms with Crippen LogP contribution in [-0.2, 0) is 4.79 Å². The Morgan fingerprint density at radius 2 is 1.87 bits per heavy atom. The van der Waals surface area contributed by atoms with Gasteiger partial charge in [-0.15, -0.1) is 0 Å². The molecule has 1 aliphatic heterocycles. The Bertz CT molecular complexity index is 361. The van der Waals surface area contributed by atoms with E-state index in [0.29, 0.717) is 12.5 Å². The van der Waals surface area contributed by atoms with Gasteiger partial charge in [0.25, 0.3) is 0 Å². The molecule has 1 saturated heterocycles. The summed E-state index contributed by atoms with van der Waals surface area (Å²) < 4.78 is 2.35. The number of hydrogen-bond acceptors (Lipinski definition) is 1. The van der Waals surface area contributed by atoms with Gasteiger partial charge in [-0.1, -0.05) is 0 Å². The van der Waals surface area contributed by atoms with Crippen LogP contribution in [0.1, 0.15) is 30.3 Å². The molecular formula is C12H18N2O. The maximum atomic E-state index is 11.4. The van der Waals surface area contributed by atoms with Gasteiger partial charge in [-0.3, -0.25) is 4.79 Å². The van der Waals surface area contributed by atoms with Crippen LogP contribution < -0.4 is 0 Å². The van der Waals surface area contributed by atoms with Crippen molar-refractivity contribution in [3.63, 3.8) is 0 Å². The molecule has 0 N–H and O–H groups in total. The highest BCUT2D eigenvalue weighted by Crippen LogP contribution is 2.25. The van der Waals surface area contributed by atoms with Gasteiger partial charge in [0, 0.05) is 31.4 Å².